The van der Waals surface area contributed by atoms with Gasteiger partial charge in [0.2, 0.25) is 5.91 Å². The van der Waals surface area contributed by atoms with Crippen molar-refractivity contribution in [2.45, 2.75) is 50.1 Å². The van der Waals surface area contributed by atoms with E-state index in [0.29, 0.717) is 12.3 Å². The molecule has 2 saturated carbocycles. The molecule has 1 unspecified atom stereocenters. The summed E-state index contributed by atoms with van der Waals surface area (Å²) in [6.07, 6.45) is 5.91. The fraction of sp³-hybridized carbons (Fsp3) is 0.588. The second kappa shape index (κ2) is 5.68. The Morgan fingerprint density at radius 2 is 2.05 bits per heavy atom. The van der Waals surface area contributed by atoms with Crippen LogP contribution < -0.4 is 15.8 Å². The van der Waals surface area contributed by atoms with E-state index < -0.39 is 0 Å². The van der Waals surface area contributed by atoms with Crippen molar-refractivity contribution in [3.8, 4) is 5.75 Å². The number of nitrogens with two attached hydrogens (primary N) is 1. The van der Waals surface area contributed by atoms with E-state index in [0.717, 1.165) is 30.6 Å². The first-order valence-corrected chi connectivity index (χ1v) is 7.82. The molecule has 1 aromatic carbocycles. The zero-order valence-electron chi connectivity index (χ0n) is 12.6. The first-order valence-electron chi connectivity index (χ1n) is 7.82. The van der Waals surface area contributed by atoms with Crippen molar-refractivity contribution in [1.82, 2.24) is 5.32 Å². The lowest BCUT2D eigenvalue weighted by Gasteiger charge is -2.37. The van der Waals surface area contributed by atoms with Crippen LogP contribution in [0.2, 0.25) is 0 Å². The summed E-state index contributed by atoms with van der Waals surface area (Å²) >= 11 is 0. The van der Waals surface area contributed by atoms with Gasteiger partial charge in [0.1, 0.15) is 5.75 Å². The third-order valence-corrected chi connectivity index (χ3v) is 4.75. The maximum Gasteiger partial charge on any atom is 0.222 e. The van der Waals surface area contributed by atoms with Crippen LogP contribution in [0.25, 0.3) is 0 Å². The fourth-order valence-corrected chi connectivity index (χ4v) is 3.07. The molecule has 1 amide bonds. The molecule has 0 radical (unpaired) electrons. The van der Waals surface area contributed by atoms with Crippen molar-refractivity contribution in [1.29, 1.82) is 0 Å². The van der Waals surface area contributed by atoms with Gasteiger partial charge < -0.3 is 15.8 Å². The number of benzene rings is 1. The van der Waals surface area contributed by atoms with E-state index in [-0.39, 0.29) is 17.5 Å². The highest BCUT2D eigenvalue weighted by atomic mass is 16.5. The predicted molar refractivity (Wildman–Crippen MR) is 82.0 cm³/mol. The molecular formula is C17H24N2O2. The van der Waals surface area contributed by atoms with E-state index in [1.165, 1.54) is 12.8 Å². The first-order chi connectivity index (χ1) is 10.1. The molecule has 0 heterocycles. The Morgan fingerprint density at radius 3 is 2.52 bits per heavy atom. The Kier molecular flexibility index (Phi) is 3.89. The molecule has 0 spiro atoms. The molecular weight excluding hydrogens is 264 g/mol. The normalized spacial score (nSPS) is 21.2. The fourth-order valence-electron chi connectivity index (χ4n) is 3.07. The van der Waals surface area contributed by atoms with Gasteiger partial charge in [-0.1, -0.05) is 12.1 Å². The smallest absolute Gasteiger partial charge is 0.222 e. The molecule has 3 rings (SSSR count). The number of hydrogen-bond acceptors (Lipinski definition) is 3. The number of methoxy groups -OCH3 is 1. The number of rotatable bonds is 6. The molecule has 4 heteroatoms. The second-order valence-electron chi connectivity index (χ2n) is 6.55. The number of carbonyl (C=O) groups is 1. The van der Waals surface area contributed by atoms with E-state index >= 15 is 0 Å². The topological polar surface area (TPSA) is 64.3 Å². The molecule has 0 saturated heterocycles. The largest absolute Gasteiger partial charge is 0.497 e. The van der Waals surface area contributed by atoms with Crippen LogP contribution in [-0.2, 0) is 4.79 Å². The number of hydrogen-bond donors (Lipinski definition) is 2. The van der Waals surface area contributed by atoms with Gasteiger partial charge in [0, 0.05) is 12.0 Å². The van der Waals surface area contributed by atoms with Crippen molar-refractivity contribution in [3.05, 3.63) is 29.8 Å². The van der Waals surface area contributed by atoms with Crippen LogP contribution in [0.5, 0.6) is 5.75 Å². The molecule has 1 atom stereocenters. The molecule has 0 bridgehead atoms. The average molecular weight is 288 g/mol. The average Bonchev–Trinajstić information content (AvgIpc) is 3.28. The molecule has 2 aliphatic rings. The Morgan fingerprint density at radius 1 is 1.38 bits per heavy atom. The number of ether oxygens (including phenoxy) is 1. The molecule has 0 aliphatic heterocycles. The summed E-state index contributed by atoms with van der Waals surface area (Å²) in [5.41, 5.74) is 7.08. The van der Waals surface area contributed by atoms with Gasteiger partial charge in [0.05, 0.1) is 13.2 Å². The summed E-state index contributed by atoms with van der Waals surface area (Å²) in [6, 6.07) is 8.11. The monoisotopic (exact) mass is 288 g/mol. The molecule has 4 nitrogen and oxygen atoms in total. The SMILES string of the molecule is COc1ccc(C(NC(=O)CC2(N)CCC2)C2CC2)cc1. The van der Waals surface area contributed by atoms with Crippen molar-refractivity contribution in [2.24, 2.45) is 11.7 Å². The highest BCUT2D eigenvalue weighted by Crippen LogP contribution is 2.41. The summed E-state index contributed by atoms with van der Waals surface area (Å²) in [6.45, 7) is 0. The lowest BCUT2D eigenvalue weighted by atomic mass is 9.75. The highest BCUT2D eigenvalue weighted by Gasteiger charge is 2.37. The van der Waals surface area contributed by atoms with Crippen molar-refractivity contribution < 1.29 is 9.53 Å². The zero-order chi connectivity index (χ0) is 14.9. The lowest BCUT2D eigenvalue weighted by Crippen LogP contribution is -2.50. The number of carbonyl (C=O) groups excluding carboxylic acids is 1. The third-order valence-electron chi connectivity index (χ3n) is 4.75. The van der Waals surface area contributed by atoms with E-state index in [9.17, 15) is 4.79 Å². The van der Waals surface area contributed by atoms with Crippen molar-refractivity contribution in [3.63, 3.8) is 0 Å². The molecule has 3 N–H and O–H groups in total. The van der Waals surface area contributed by atoms with Crippen LogP contribution >= 0.6 is 0 Å². The van der Waals surface area contributed by atoms with Crippen LogP contribution in [0.3, 0.4) is 0 Å². The van der Waals surface area contributed by atoms with Crippen LogP contribution in [0, 0.1) is 5.92 Å². The quantitative estimate of drug-likeness (QED) is 0.845. The Bertz CT molecular complexity index is 504. The van der Waals surface area contributed by atoms with E-state index in [2.05, 4.69) is 5.32 Å². The predicted octanol–water partition coefficient (Wildman–Crippen LogP) is 2.53. The maximum absolute atomic E-state index is 12.3. The Balaban J connectivity index is 1.65. The minimum atomic E-state index is -0.252. The van der Waals surface area contributed by atoms with Crippen LogP contribution in [0.1, 0.15) is 50.1 Å². The van der Waals surface area contributed by atoms with Gasteiger partial charge >= 0.3 is 0 Å². The molecule has 1 aromatic rings. The third kappa shape index (κ3) is 3.38. The molecule has 2 fully saturated rings. The Labute approximate surface area is 126 Å². The zero-order valence-corrected chi connectivity index (χ0v) is 12.6. The van der Waals surface area contributed by atoms with Gasteiger partial charge in [0.15, 0.2) is 0 Å². The van der Waals surface area contributed by atoms with Gasteiger partial charge in [-0.3, -0.25) is 4.79 Å². The molecule has 114 valence electrons. The standard InChI is InChI=1S/C17H24N2O2/c1-21-14-7-5-13(6-8-14)16(12-3-4-12)19-15(20)11-17(18)9-2-10-17/h5-8,12,16H,2-4,9-11,18H2,1H3,(H,19,20). The van der Waals surface area contributed by atoms with Crippen molar-refractivity contribution in [2.75, 3.05) is 7.11 Å². The summed E-state index contributed by atoms with van der Waals surface area (Å²) in [7, 11) is 1.66. The molecule has 2 aliphatic carbocycles. The number of amides is 1. The summed E-state index contributed by atoms with van der Waals surface area (Å²) < 4.78 is 5.19. The first kappa shape index (κ1) is 14.4. The van der Waals surface area contributed by atoms with Crippen LogP contribution in [0.15, 0.2) is 24.3 Å². The summed E-state index contributed by atoms with van der Waals surface area (Å²) in [4.78, 5) is 12.3. The Hall–Kier alpha value is -1.55. The van der Waals surface area contributed by atoms with Gasteiger partial charge in [-0.05, 0) is 55.7 Å². The van der Waals surface area contributed by atoms with E-state index in [1.54, 1.807) is 7.11 Å². The second-order valence-corrected chi connectivity index (χ2v) is 6.55. The van der Waals surface area contributed by atoms with E-state index in [1.807, 2.05) is 24.3 Å². The summed E-state index contributed by atoms with van der Waals surface area (Å²) in [5.74, 6) is 1.50. The van der Waals surface area contributed by atoms with Crippen LogP contribution in [-0.4, -0.2) is 18.6 Å². The number of nitrogens with one attached hydrogen (secondary N) is 1. The maximum atomic E-state index is 12.3. The van der Waals surface area contributed by atoms with Gasteiger partial charge in [-0.2, -0.15) is 0 Å². The van der Waals surface area contributed by atoms with Gasteiger partial charge in [-0.15, -0.1) is 0 Å². The summed E-state index contributed by atoms with van der Waals surface area (Å²) in [5, 5.41) is 3.20. The highest BCUT2D eigenvalue weighted by molar-refractivity contribution is 5.78. The van der Waals surface area contributed by atoms with Gasteiger partial charge in [-0.25, -0.2) is 0 Å². The molecule has 0 aromatic heterocycles. The van der Waals surface area contributed by atoms with Crippen LogP contribution in [0.4, 0.5) is 0 Å². The van der Waals surface area contributed by atoms with Gasteiger partial charge in [0.25, 0.3) is 0 Å². The minimum Gasteiger partial charge on any atom is -0.497 e. The lowest BCUT2D eigenvalue weighted by molar-refractivity contribution is -0.123. The minimum absolute atomic E-state index is 0.0879. The molecule has 21 heavy (non-hydrogen) atoms. The van der Waals surface area contributed by atoms with E-state index in [4.69, 9.17) is 10.5 Å². The van der Waals surface area contributed by atoms with Crippen molar-refractivity contribution >= 4 is 5.91 Å².